The molecule has 0 bridgehead atoms. The second-order valence-electron chi connectivity index (χ2n) is 6.89. The highest BCUT2D eigenvalue weighted by Crippen LogP contribution is 2.32. The summed E-state index contributed by atoms with van der Waals surface area (Å²) >= 11 is 0. The second kappa shape index (κ2) is 10.6. The maximum absolute atomic E-state index is 12.9. The van der Waals surface area contributed by atoms with E-state index in [1.165, 1.54) is 6.07 Å². The molecule has 1 aromatic heterocycles. The number of ether oxygens (including phenoxy) is 4. The molecule has 158 valence electrons. The highest BCUT2D eigenvalue weighted by atomic mass is 16.7. The summed E-state index contributed by atoms with van der Waals surface area (Å²) < 4.78 is 27.9. The summed E-state index contributed by atoms with van der Waals surface area (Å²) in [4.78, 5) is 12.9. The maximum atomic E-state index is 12.9. The van der Waals surface area contributed by atoms with Crippen LogP contribution < -0.4 is 14.9 Å². The quantitative estimate of drug-likeness (QED) is 0.272. The minimum Gasteiger partial charge on any atom is -0.488 e. The highest BCUT2D eigenvalue weighted by Gasteiger charge is 2.14. The third-order valence-electron chi connectivity index (χ3n) is 4.30. The average Bonchev–Trinajstić information content (AvgIpc) is 2.73. The van der Waals surface area contributed by atoms with Crippen molar-refractivity contribution in [1.82, 2.24) is 0 Å². The van der Waals surface area contributed by atoms with Crippen LogP contribution in [0.3, 0.4) is 0 Å². The van der Waals surface area contributed by atoms with E-state index in [1.54, 1.807) is 19.2 Å². The molecule has 0 saturated carbocycles. The van der Waals surface area contributed by atoms with E-state index in [-0.39, 0.29) is 12.2 Å². The van der Waals surface area contributed by atoms with Gasteiger partial charge in [-0.25, -0.2) is 0 Å². The molecular weight excluding hydrogens is 384 g/mol. The van der Waals surface area contributed by atoms with Gasteiger partial charge >= 0.3 is 0 Å². The van der Waals surface area contributed by atoms with Crippen LogP contribution in [0.5, 0.6) is 11.5 Å². The van der Waals surface area contributed by atoms with E-state index in [0.717, 1.165) is 11.1 Å². The third-order valence-corrected chi connectivity index (χ3v) is 4.30. The number of hydrogen-bond acceptors (Lipinski definition) is 6. The number of hydrogen-bond donors (Lipinski definition) is 0. The average molecular weight is 410 g/mol. The highest BCUT2D eigenvalue weighted by molar-refractivity contribution is 5.86. The molecule has 0 unspecified atom stereocenters. The molecule has 6 heteroatoms. The number of benzene rings is 2. The monoisotopic (exact) mass is 410 g/mol. The largest absolute Gasteiger partial charge is 0.488 e. The van der Waals surface area contributed by atoms with Gasteiger partial charge in [-0.05, 0) is 19.9 Å². The van der Waals surface area contributed by atoms with Crippen LogP contribution in [-0.2, 0) is 9.47 Å². The van der Waals surface area contributed by atoms with Crippen molar-refractivity contribution < 1.29 is 23.4 Å². The van der Waals surface area contributed by atoms with Gasteiger partial charge in [0.2, 0.25) is 0 Å². The van der Waals surface area contributed by atoms with E-state index in [1.807, 2.05) is 50.3 Å². The molecule has 0 atom stereocenters. The van der Waals surface area contributed by atoms with Crippen molar-refractivity contribution in [3.8, 4) is 22.8 Å². The lowest BCUT2D eigenvalue weighted by Crippen LogP contribution is -2.09. The zero-order chi connectivity index (χ0) is 21.3. The zero-order valence-corrected chi connectivity index (χ0v) is 17.5. The van der Waals surface area contributed by atoms with Gasteiger partial charge in [0.25, 0.3) is 0 Å². The Hall–Kier alpha value is -3.09. The number of allylic oxidation sites excluding steroid dienone is 1. The minimum absolute atomic E-state index is 0.0465. The van der Waals surface area contributed by atoms with Crippen molar-refractivity contribution in [3.63, 3.8) is 0 Å². The summed E-state index contributed by atoms with van der Waals surface area (Å²) in [7, 11) is 1.61. The Balaban J connectivity index is 1.97. The first-order valence-electron chi connectivity index (χ1n) is 9.71. The van der Waals surface area contributed by atoms with E-state index < -0.39 is 0 Å². The second-order valence-corrected chi connectivity index (χ2v) is 6.89. The molecule has 0 amide bonds. The van der Waals surface area contributed by atoms with Gasteiger partial charge in [-0.1, -0.05) is 35.9 Å². The third kappa shape index (κ3) is 5.72. The van der Waals surface area contributed by atoms with Crippen LogP contribution in [0.2, 0.25) is 0 Å². The van der Waals surface area contributed by atoms with Gasteiger partial charge in [0.1, 0.15) is 34.8 Å². The predicted octanol–water partition coefficient (Wildman–Crippen LogP) is 4.80. The van der Waals surface area contributed by atoms with Crippen LogP contribution in [0.25, 0.3) is 22.3 Å². The van der Waals surface area contributed by atoms with Crippen molar-refractivity contribution in [2.75, 3.05) is 33.7 Å². The molecule has 0 aliphatic carbocycles. The Bertz CT molecular complexity index is 1050. The first kappa shape index (κ1) is 21.6. The molecule has 2 aromatic carbocycles. The molecule has 6 nitrogen and oxygen atoms in total. The van der Waals surface area contributed by atoms with Crippen LogP contribution in [0.1, 0.15) is 13.8 Å². The number of methoxy groups -OCH3 is 1. The Morgan fingerprint density at radius 3 is 2.57 bits per heavy atom. The summed E-state index contributed by atoms with van der Waals surface area (Å²) in [5.41, 5.74) is 2.16. The van der Waals surface area contributed by atoms with Crippen molar-refractivity contribution in [1.29, 1.82) is 0 Å². The lowest BCUT2D eigenvalue weighted by molar-refractivity contribution is -0.00850. The first-order chi connectivity index (χ1) is 14.6. The number of fused-ring (bicyclic) bond motifs is 1. The summed E-state index contributed by atoms with van der Waals surface area (Å²) in [5.74, 6) is 1.38. The van der Waals surface area contributed by atoms with Crippen LogP contribution in [-0.4, -0.2) is 33.7 Å². The minimum atomic E-state index is -0.176. The Kier molecular flexibility index (Phi) is 7.65. The summed E-state index contributed by atoms with van der Waals surface area (Å²) in [5, 5.41) is 0.379. The summed E-state index contributed by atoms with van der Waals surface area (Å²) in [6.45, 7) is 5.25. The molecule has 0 radical (unpaired) electrons. The Labute approximate surface area is 175 Å². The van der Waals surface area contributed by atoms with Crippen molar-refractivity contribution in [2.45, 2.75) is 13.8 Å². The zero-order valence-electron chi connectivity index (χ0n) is 17.5. The molecule has 1 heterocycles. The van der Waals surface area contributed by atoms with Crippen LogP contribution >= 0.6 is 0 Å². The molecular formula is C24H26O6. The molecule has 0 N–H and O–H groups in total. The topological polar surface area (TPSA) is 67.1 Å². The van der Waals surface area contributed by atoms with Gasteiger partial charge in [-0.2, -0.15) is 0 Å². The fourth-order valence-corrected chi connectivity index (χ4v) is 2.78. The fraction of sp³-hybridized carbons (Fsp3) is 0.292. The van der Waals surface area contributed by atoms with Gasteiger partial charge in [0.05, 0.1) is 13.2 Å². The normalized spacial score (nSPS) is 10.8. The van der Waals surface area contributed by atoms with E-state index >= 15 is 0 Å². The molecule has 0 saturated heterocycles. The summed E-state index contributed by atoms with van der Waals surface area (Å²) in [6.07, 6.45) is 1.94. The van der Waals surface area contributed by atoms with Crippen LogP contribution in [0.4, 0.5) is 0 Å². The molecule has 0 spiro atoms. The van der Waals surface area contributed by atoms with E-state index in [2.05, 4.69) is 0 Å². The predicted molar refractivity (Wildman–Crippen MR) is 116 cm³/mol. The molecule has 30 heavy (non-hydrogen) atoms. The standard InChI is InChI=1S/C24H26O6/c1-17(2)9-10-28-22-13-19(29-16-27-12-11-26-3)14-23-24(22)20(25)15-21(30-23)18-7-5-4-6-8-18/h4-9,13-15H,10-12,16H2,1-3H3. The van der Waals surface area contributed by atoms with E-state index in [4.69, 9.17) is 23.4 Å². The van der Waals surface area contributed by atoms with E-state index in [0.29, 0.717) is 48.0 Å². The summed E-state index contributed by atoms with van der Waals surface area (Å²) in [6, 6.07) is 14.3. The lowest BCUT2D eigenvalue weighted by Gasteiger charge is -2.12. The van der Waals surface area contributed by atoms with E-state index in [9.17, 15) is 4.79 Å². The van der Waals surface area contributed by atoms with Gasteiger partial charge in [0, 0.05) is 30.9 Å². The molecule has 0 aliphatic rings. The maximum Gasteiger partial charge on any atom is 0.197 e. The van der Waals surface area contributed by atoms with Crippen molar-refractivity contribution in [2.24, 2.45) is 0 Å². The van der Waals surface area contributed by atoms with Gasteiger partial charge < -0.3 is 23.4 Å². The molecule has 3 aromatic rings. The van der Waals surface area contributed by atoms with Crippen molar-refractivity contribution in [3.05, 3.63) is 70.4 Å². The Morgan fingerprint density at radius 1 is 1.03 bits per heavy atom. The molecule has 0 fully saturated rings. The Morgan fingerprint density at radius 2 is 1.83 bits per heavy atom. The first-order valence-corrected chi connectivity index (χ1v) is 9.71. The number of rotatable bonds is 10. The van der Waals surface area contributed by atoms with Crippen molar-refractivity contribution >= 4 is 11.0 Å². The van der Waals surface area contributed by atoms with Gasteiger partial charge in [-0.3, -0.25) is 4.79 Å². The molecule has 0 aliphatic heterocycles. The van der Waals surface area contributed by atoms with Crippen LogP contribution in [0, 0.1) is 0 Å². The van der Waals surface area contributed by atoms with Gasteiger partial charge in [-0.15, -0.1) is 0 Å². The fourth-order valence-electron chi connectivity index (χ4n) is 2.78. The lowest BCUT2D eigenvalue weighted by atomic mass is 10.1. The van der Waals surface area contributed by atoms with Gasteiger partial charge in [0.15, 0.2) is 12.2 Å². The molecule has 3 rings (SSSR count). The SMILES string of the molecule is COCCOCOc1cc(OCC=C(C)C)c2c(=O)cc(-c3ccccc3)oc2c1. The van der Waals surface area contributed by atoms with Crippen LogP contribution in [0.15, 0.2) is 69.4 Å². The smallest absolute Gasteiger partial charge is 0.197 e.